The smallest absolute Gasteiger partial charge is 0.408 e. The van der Waals surface area contributed by atoms with Crippen LogP contribution >= 0.6 is 0 Å². The molecule has 0 saturated carbocycles. The van der Waals surface area contributed by atoms with Gasteiger partial charge < -0.3 is 15.4 Å². The number of nitrogens with two attached hydrogens (primary N) is 1. The summed E-state index contributed by atoms with van der Waals surface area (Å²) in [5, 5.41) is 10.2. The number of rotatable bonds is 7. The Balaban J connectivity index is 2.01. The highest BCUT2D eigenvalue weighted by molar-refractivity contribution is 7.89. The summed E-state index contributed by atoms with van der Waals surface area (Å²) < 4.78 is 28.0. The quantitative estimate of drug-likeness (QED) is 0.651. The second-order valence-corrected chi connectivity index (χ2v) is 8.05. The molecule has 0 fully saturated rings. The van der Waals surface area contributed by atoms with Gasteiger partial charge in [-0.3, -0.25) is 4.79 Å². The van der Waals surface area contributed by atoms with Crippen molar-refractivity contribution in [2.24, 2.45) is 11.1 Å². The molecule has 0 unspecified atom stereocenters. The minimum atomic E-state index is -3.89. The Labute approximate surface area is 164 Å². The number of sulfonamides is 1. The van der Waals surface area contributed by atoms with E-state index in [0.29, 0.717) is 0 Å². The molecular weight excluding hydrogens is 382 g/mol. The first-order chi connectivity index (χ1) is 13.2. The molecule has 150 valence electrons. The Kier molecular flexibility index (Phi) is 7.13. The molecule has 0 bridgehead atoms. The van der Waals surface area contributed by atoms with Crippen molar-refractivity contribution < 1.29 is 22.7 Å². The van der Waals surface area contributed by atoms with Gasteiger partial charge in [0.15, 0.2) is 0 Å². The number of nitrogens with one attached hydrogen (secondary N) is 2. The Morgan fingerprint density at radius 1 is 1.07 bits per heavy atom. The molecule has 28 heavy (non-hydrogen) atoms. The van der Waals surface area contributed by atoms with E-state index in [1.54, 1.807) is 13.8 Å². The lowest BCUT2D eigenvalue weighted by Crippen LogP contribution is -2.47. The molecule has 0 radical (unpaired) electrons. The molecule has 4 N–H and O–H groups in total. The van der Waals surface area contributed by atoms with Gasteiger partial charge in [0.1, 0.15) is 12.6 Å². The van der Waals surface area contributed by atoms with E-state index < -0.39 is 28.1 Å². The van der Waals surface area contributed by atoms with Crippen LogP contribution in [0.1, 0.15) is 19.4 Å². The van der Waals surface area contributed by atoms with Crippen molar-refractivity contribution >= 4 is 27.7 Å². The van der Waals surface area contributed by atoms with Crippen LogP contribution in [-0.4, -0.2) is 26.5 Å². The second-order valence-electron chi connectivity index (χ2n) is 6.49. The first kappa shape index (κ1) is 21.4. The molecule has 8 nitrogen and oxygen atoms in total. The summed E-state index contributed by atoms with van der Waals surface area (Å²) in [7, 11) is -3.89. The van der Waals surface area contributed by atoms with Gasteiger partial charge >= 0.3 is 6.09 Å². The fraction of sp³-hybridized carbons (Fsp3) is 0.263. The standard InChI is InChI=1S/C19H23N3O5S/c1-13(2)17(22-19(24)27-12-14-7-4-3-5-8-14)18(23)21-15-9-6-10-16(11-15)28(20,25)26/h3-11,13,17H,12H2,1-2H3,(H,21,23)(H,22,24)(H2,20,25,26)/t17-/m0/s1. The minimum Gasteiger partial charge on any atom is -0.445 e. The SMILES string of the molecule is CC(C)[C@H](NC(=O)OCc1ccccc1)C(=O)Nc1cccc(S(N)(=O)=O)c1. The molecular formula is C19H23N3O5S. The van der Waals surface area contributed by atoms with Gasteiger partial charge in [-0.05, 0) is 29.7 Å². The molecule has 0 aliphatic heterocycles. The Hall–Kier alpha value is -2.91. The molecule has 2 aromatic carbocycles. The van der Waals surface area contributed by atoms with Crippen molar-refractivity contribution in [1.29, 1.82) is 0 Å². The summed E-state index contributed by atoms with van der Waals surface area (Å²) in [5.41, 5.74) is 1.07. The van der Waals surface area contributed by atoms with Gasteiger partial charge in [0.25, 0.3) is 0 Å². The van der Waals surface area contributed by atoms with Crippen LogP contribution in [0.25, 0.3) is 0 Å². The number of carbonyl (C=O) groups is 2. The highest BCUT2D eigenvalue weighted by Gasteiger charge is 2.25. The lowest BCUT2D eigenvalue weighted by atomic mass is 10.0. The predicted molar refractivity (Wildman–Crippen MR) is 105 cm³/mol. The van der Waals surface area contributed by atoms with Gasteiger partial charge in [-0.2, -0.15) is 0 Å². The molecule has 1 atom stereocenters. The fourth-order valence-electron chi connectivity index (χ4n) is 2.40. The van der Waals surface area contributed by atoms with Gasteiger partial charge in [-0.25, -0.2) is 18.4 Å². The summed E-state index contributed by atoms with van der Waals surface area (Å²) in [6.07, 6.45) is -0.726. The lowest BCUT2D eigenvalue weighted by Gasteiger charge is -2.21. The zero-order chi connectivity index (χ0) is 20.7. The Morgan fingerprint density at radius 2 is 1.75 bits per heavy atom. The highest BCUT2D eigenvalue weighted by Crippen LogP contribution is 2.15. The van der Waals surface area contributed by atoms with Crippen LogP contribution in [0.15, 0.2) is 59.5 Å². The first-order valence-electron chi connectivity index (χ1n) is 8.58. The van der Waals surface area contributed by atoms with E-state index in [9.17, 15) is 18.0 Å². The third kappa shape index (κ3) is 6.36. The number of hydrogen-bond acceptors (Lipinski definition) is 5. The van der Waals surface area contributed by atoms with E-state index in [2.05, 4.69) is 10.6 Å². The maximum absolute atomic E-state index is 12.6. The van der Waals surface area contributed by atoms with E-state index in [1.165, 1.54) is 24.3 Å². The average Bonchev–Trinajstić information content (AvgIpc) is 2.64. The van der Waals surface area contributed by atoms with E-state index in [1.807, 2.05) is 30.3 Å². The molecule has 0 aromatic heterocycles. The van der Waals surface area contributed by atoms with Crippen LogP contribution in [-0.2, 0) is 26.2 Å². The predicted octanol–water partition coefficient (Wildman–Crippen LogP) is 2.22. The van der Waals surface area contributed by atoms with Crippen molar-refractivity contribution in [3.05, 3.63) is 60.2 Å². The molecule has 9 heteroatoms. The van der Waals surface area contributed by atoms with Crippen LogP contribution in [0.2, 0.25) is 0 Å². The van der Waals surface area contributed by atoms with Crippen molar-refractivity contribution in [3.63, 3.8) is 0 Å². The molecule has 0 aliphatic carbocycles. The third-order valence-electron chi connectivity index (χ3n) is 3.87. The summed E-state index contributed by atoms with van der Waals surface area (Å²) >= 11 is 0. The number of primary sulfonamides is 1. The van der Waals surface area contributed by atoms with E-state index in [0.717, 1.165) is 5.56 Å². The number of amides is 2. The first-order valence-corrected chi connectivity index (χ1v) is 10.1. The normalized spacial score (nSPS) is 12.3. The van der Waals surface area contributed by atoms with Crippen molar-refractivity contribution in [2.75, 3.05) is 5.32 Å². The number of alkyl carbamates (subject to hydrolysis) is 1. The van der Waals surface area contributed by atoms with Gasteiger partial charge in [0, 0.05) is 5.69 Å². The largest absolute Gasteiger partial charge is 0.445 e. The number of hydrogen-bond donors (Lipinski definition) is 3. The minimum absolute atomic E-state index is 0.0789. The zero-order valence-corrected chi connectivity index (χ0v) is 16.4. The molecule has 0 spiro atoms. The molecule has 2 amide bonds. The highest BCUT2D eigenvalue weighted by atomic mass is 32.2. The molecule has 0 heterocycles. The Morgan fingerprint density at radius 3 is 2.36 bits per heavy atom. The van der Waals surface area contributed by atoms with Crippen LogP contribution in [0.3, 0.4) is 0 Å². The van der Waals surface area contributed by atoms with Crippen molar-refractivity contribution in [1.82, 2.24) is 5.32 Å². The Bertz CT molecular complexity index is 930. The van der Waals surface area contributed by atoms with E-state index in [-0.39, 0.29) is 23.1 Å². The van der Waals surface area contributed by atoms with Crippen molar-refractivity contribution in [3.8, 4) is 0 Å². The van der Waals surface area contributed by atoms with E-state index >= 15 is 0 Å². The average molecular weight is 405 g/mol. The van der Waals surface area contributed by atoms with Gasteiger partial charge in [-0.1, -0.05) is 50.2 Å². The maximum atomic E-state index is 12.6. The molecule has 2 aromatic rings. The molecule has 0 saturated heterocycles. The second kappa shape index (κ2) is 9.34. The summed E-state index contributed by atoms with van der Waals surface area (Å²) in [6, 6.07) is 13.8. The zero-order valence-electron chi connectivity index (χ0n) is 15.6. The van der Waals surface area contributed by atoms with E-state index in [4.69, 9.17) is 9.88 Å². The molecule has 0 aliphatic rings. The monoisotopic (exact) mass is 405 g/mol. The van der Waals surface area contributed by atoms with Crippen LogP contribution in [0.5, 0.6) is 0 Å². The number of ether oxygens (including phenoxy) is 1. The van der Waals surface area contributed by atoms with Gasteiger partial charge in [0.2, 0.25) is 15.9 Å². The van der Waals surface area contributed by atoms with Gasteiger partial charge in [-0.15, -0.1) is 0 Å². The number of carbonyl (C=O) groups excluding carboxylic acids is 2. The third-order valence-corrected chi connectivity index (χ3v) is 4.78. The lowest BCUT2D eigenvalue weighted by molar-refractivity contribution is -0.119. The van der Waals surface area contributed by atoms with Crippen molar-refractivity contribution in [2.45, 2.75) is 31.4 Å². The topological polar surface area (TPSA) is 128 Å². The summed E-state index contributed by atoms with van der Waals surface area (Å²) in [4.78, 5) is 24.5. The van der Waals surface area contributed by atoms with Gasteiger partial charge in [0.05, 0.1) is 4.90 Å². The maximum Gasteiger partial charge on any atom is 0.408 e. The van der Waals surface area contributed by atoms with Crippen LogP contribution < -0.4 is 15.8 Å². The number of benzene rings is 2. The fourth-order valence-corrected chi connectivity index (χ4v) is 2.96. The summed E-state index contributed by atoms with van der Waals surface area (Å²) in [6.45, 7) is 3.61. The molecule has 2 rings (SSSR count). The number of anilines is 1. The summed E-state index contributed by atoms with van der Waals surface area (Å²) in [5.74, 6) is -0.732. The van der Waals surface area contributed by atoms with Crippen LogP contribution in [0.4, 0.5) is 10.5 Å². The van der Waals surface area contributed by atoms with Crippen LogP contribution in [0, 0.1) is 5.92 Å².